The molecule has 4 heteroatoms. The lowest BCUT2D eigenvalue weighted by molar-refractivity contribution is -0.116. The van der Waals surface area contributed by atoms with Gasteiger partial charge >= 0.3 is 0 Å². The van der Waals surface area contributed by atoms with Gasteiger partial charge in [0.05, 0.1) is 17.6 Å². The molecule has 0 radical (unpaired) electrons. The van der Waals surface area contributed by atoms with Crippen molar-refractivity contribution in [2.24, 2.45) is 0 Å². The highest BCUT2D eigenvalue weighted by Gasteiger charge is 2.35. The average molecular weight is 370 g/mol. The Kier molecular flexibility index (Phi) is 4.99. The van der Waals surface area contributed by atoms with E-state index in [2.05, 4.69) is 11.4 Å². The van der Waals surface area contributed by atoms with Gasteiger partial charge in [-0.2, -0.15) is 5.26 Å². The number of hydrogen-bond donors (Lipinski definition) is 1. The molecule has 0 amide bonds. The summed E-state index contributed by atoms with van der Waals surface area (Å²) in [4.78, 5) is 12.7. The Morgan fingerprint density at radius 2 is 1.86 bits per heavy atom. The van der Waals surface area contributed by atoms with E-state index in [4.69, 9.17) is 4.74 Å². The number of rotatable bonds is 4. The minimum absolute atomic E-state index is 0.142. The van der Waals surface area contributed by atoms with E-state index >= 15 is 0 Å². The van der Waals surface area contributed by atoms with Crippen molar-refractivity contribution in [3.05, 3.63) is 88.3 Å². The van der Waals surface area contributed by atoms with Gasteiger partial charge in [0.1, 0.15) is 12.4 Å². The smallest absolute Gasteiger partial charge is 0.161 e. The average Bonchev–Trinajstić information content (AvgIpc) is 2.73. The molecule has 0 bridgehead atoms. The van der Waals surface area contributed by atoms with E-state index in [9.17, 15) is 10.1 Å². The van der Waals surface area contributed by atoms with Crippen molar-refractivity contribution >= 4 is 5.78 Å². The molecule has 2 aromatic rings. The highest BCUT2D eigenvalue weighted by atomic mass is 16.5. The van der Waals surface area contributed by atoms with Gasteiger partial charge in [-0.3, -0.25) is 4.79 Å². The number of allylic oxidation sites excluding steroid dienone is 4. The number of nitrogens with zero attached hydrogens (tertiary/aromatic N) is 1. The molecule has 0 saturated heterocycles. The van der Waals surface area contributed by atoms with Crippen LogP contribution >= 0.6 is 0 Å². The molecule has 4 nitrogen and oxygen atoms in total. The number of hydrogen-bond acceptors (Lipinski definition) is 4. The minimum Gasteiger partial charge on any atom is -0.489 e. The van der Waals surface area contributed by atoms with Crippen LogP contribution in [0.3, 0.4) is 0 Å². The first-order valence-electron chi connectivity index (χ1n) is 9.58. The summed E-state index contributed by atoms with van der Waals surface area (Å²) in [6, 6.07) is 20.1. The molecule has 0 fully saturated rings. The number of ketones is 1. The van der Waals surface area contributed by atoms with Gasteiger partial charge in [-0.15, -0.1) is 0 Å². The van der Waals surface area contributed by atoms with Crippen molar-refractivity contribution in [3.63, 3.8) is 0 Å². The molecule has 2 aliphatic rings. The Bertz CT molecular complexity index is 995. The predicted octanol–water partition coefficient (Wildman–Crippen LogP) is 4.76. The molecule has 1 heterocycles. The van der Waals surface area contributed by atoms with Crippen LogP contribution in [0.5, 0.6) is 5.75 Å². The van der Waals surface area contributed by atoms with E-state index in [1.165, 1.54) is 0 Å². The van der Waals surface area contributed by atoms with Gasteiger partial charge < -0.3 is 10.1 Å². The van der Waals surface area contributed by atoms with Crippen molar-refractivity contribution in [1.29, 1.82) is 5.26 Å². The molecule has 1 atom stereocenters. The fourth-order valence-electron chi connectivity index (χ4n) is 3.96. The maximum absolute atomic E-state index is 12.7. The lowest BCUT2D eigenvalue weighted by Crippen LogP contribution is -2.31. The van der Waals surface area contributed by atoms with E-state index in [0.29, 0.717) is 18.6 Å². The van der Waals surface area contributed by atoms with Crippen molar-refractivity contribution in [1.82, 2.24) is 5.32 Å². The molecule has 2 aromatic carbocycles. The maximum atomic E-state index is 12.7. The lowest BCUT2D eigenvalue weighted by atomic mass is 9.76. The summed E-state index contributed by atoms with van der Waals surface area (Å²) in [5.74, 6) is 0.616. The molecule has 0 saturated carbocycles. The molecule has 1 aliphatic carbocycles. The quantitative estimate of drug-likeness (QED) is 0.843. The topological polar surface area (TPSA) is 62.1 Å². The molecule has 0 spiro atoms. The molecule has 140 valence electrons. The Labute approximate surface area is 165 Å². The minimum atomic E-state index is -0.294. The van der Waals surface area contributed by atoms with Crippen molar-refractivity contribution in [2.75, 3.05) is 0 Å². The first-order valence-corrected chi connectivity index (χ1v) is 9.58. The summed E-state index contributed by atoms with van der Waals surface area (Å²) in [6.07, 6.45) is 2.26. The standard InChI is InChI=1S/C24H22N2O2/c1-16-20(14-25)23(24-21(26-16)8-5-9-22(24)27)18-10-12-19(13-11-18)28-15-17-6-3-2-4-7-17/h2-4,6-7,10-13,23,26H,5,8-9,15H2,1H3/t23-/m0/s1. The van der Waals surface area contributed by atoms with Crippen LogP contribution in [0, 0.1) is 11.3 Å². The third kappa shape index (κ3) is 3.44. The summed E-state index contributed by atoms with van der Waals surface area (Å²) in [6.45, 7) is 2.41. The number of nitrogens with one attached hydrogen (secondary N) is 1. The number of dihydropyridines is 1. The van der Waals surface area contributed by atoms with E-state index < -0.39 is 0 Å². The Morgan fingerprint density at radius 3 is 2.57 bits per heavy atom. The van der Waals surface area contributed by atoms with Crippen LogP contribution in [-0.2, 0) is 11.4 Å². The second-order valence-electron chi connectivity index (χ2n) is 7.22. The van der Waals surface area contributed by atoms with E-state index in [0.717, 1.165) is 46.7 Å². The molecule has 0 aromatic heterocycles. The van der Waals surface area contributed by atoms with Gasteiger partial charge in [0.2, 0.25) is 0 Å². The number of carbonyl (C=O) groups excluding carboxylic acids is 1. The van der Waals surface area contributed by atoms with Crippen molar-refractivity contribution in [3.8, 4) is 11.8 Å². The lowest BCUT2D eigenvalue weighted by Gasteiger charge is -2.32. The molecule has 1 N–H and O–H groups in total. The van der Waals surface area contributed by atoms with Gasteiger partial charge in [0.25, 0.3) is 0 Å². The zero-order valence-corrected chi connectivity index (χ0v) is 15.9. The number of ether oxygens (including phenoxy) is 1. The second-order valence-corrected chi connectivity index (χ2v) is 7.22. The van der Waals surface area contributed by atoms with Crippen LogP contribution in [0.1, 0.15) is 43.2 Å². The normalized spacial score (nSPS) is 19.0. The summed E-state index contributed by atoms with van der Waals surface area (Å²) in [5, 5.41) is 13.0. The zero-order valence-electron chi connectivity index (χ0n) is 15.9. The van der Waals surface area contributed by atoms with Gasteiger partial charge in [-0.05, 0) is 43.0 Å². The SMILES string of the molecule is CC1=C(C#N)[C@H](c2ccc(OCc3ccccc3)cc2)C2=C(CCCC2=O)N1. The van der Waals surface area contributed by atoms with Gasteiger partial charge in [0, 0.05) is 23.4 Å². The highest BCUT2D eigenvalue weighted by molar-refractivity contribution is 5.99. The van der Waals surface area contributed by atoms with Crippen LogP contribution in [0.25, 0.3) is 0 Å². The summed E-state index contributed by atoms with van der Waals surface area (Å²) in [5.41, 5.74) is 5.25. The van der Waals surface area contributed by atoms with Crippen LogP contribution in [-0.4, -0.2) is 5.78 Å². The fraction of sp³-hybridized carbons (Fsp3) is 0.250. The number of carbonyl (C=O) groups is 1. The molecular weight excluding hydrogens is 348 g/mol. The third-order valence-electron chi connectivity index (χ3n) is 5.36. The molecular formula is C24H22N2O2. The number of nitriles is 1. The Hall–Kier alpha value is -3.32. The second kappa shape index (κ2) is 7.74. The van der Waals surface area contributed by atoms with Gasteiger partial charge in [-0.1, -0.05) is 42.5 Å². The Morgan fingerprint density at radius 1 is 1.11 bits per heavy atom. The molecule has 28 heavy (non-hydrogen) atoms. The number of benzene rings is 2. The van der Waals surface area contributed by atoms with Crippen LogP contribution < -0.4 is 10.1 Å². The zero-order chi connectivity index (χ0) is 19.5. The fourth-order valence-corrected chi connectivity index (χ4v) is 3.96. The first kappa shape index (κ1) is 18.1. The monoisotopic (exact) mass is 370 g/mol. The molecule has 4 rings (SSSR count). The summed E-state index contributed by atoms with van der Waals surface area (Å²) < 4.78 is 5.87. The summed E-state index contributed by atoms with van der Waals surface area (Å²) in [7, 11) is 0. The summed E-state index contributed by atoms with van der Waals surface area (Å²) >= 11 is 0. The number of Topliss-reactive ketones (excluding diaryl/α,β-unsaturated/α-hetero) is 1. The van der Waals surface area contributed by atoms with Gasteiger partial charge in [0.15, 0.2) is 5.78 Å². The van der Waals surface area contributed by atoms with E-state index in [1.807, 2.05) is 61.5 Å². The molecule has 1 aliphatic heterocycles. The molecule has 0 unspecified atom stereocenters. The maximum Gasteiger partial charge on any atom is 0.161 e. The van der Waals surface area contributed by atoms with Crippen LogP contribution in [0.2, 0.25) is 0 Å². The predicted molar refractivity (Wildman–Crippen MR) is 107 cm³/mol. The van der Waals surface area contributed by atoms with E-state index in [1.54, 1.807) is 0 Å². The van der Waals surface area contributed by atoms with Crippen molar-refractivity contribution < 1.29 is 9.53 Å². The first-order chi connectivity index (χ1) is 13.7. The van der Waals surface area contributed by atoms with Gasteiger partial charge in [-0.25, -0.2) is 0 Å². The Balaban J connectivity index is 1.61. The van der Waals surface area contributed by atoms with Crippen LogP contribution in [0.15, 0.2) is 77.1 Å². The van der Waals surface area contributed by atoms with E-state index in [-0.39, 0.29) is 11.7 Å². The van der Waals surface area contributed by atoms with Crippen molar-refractivity contribution in [2.45, 2.75) is 38.7 Å². The largest absolute Gasteiger partial charge is 0.489 e. The third-order valence-corrected chi connectivity index (χ3v) is 5.36. The van der Waals surface area contributed by atoms with Crippen LogP contribution in [0.4, 0.5) is 0 Å². The highest BCUT2D eigenvalue weighted by Crippen LogP contribution is 2.42.